The molecule has 0 aromatic rings. The van der Waals surface area contributed by atoms with E-state index in [1.54, 1.807) is 6.92 Å². The molecule has 0 nitrogen and oxygen atoms in total. The first-order valence-electron chi connectivity index (χ1n) is 2.83. The Morgan fingerprint density at radius 3 is 1.18 bits per heavy atom. The van der Waals surface area contributed by atoms with Gasteiger partial charge in [0, 0.05) is 0 Å². The van der Waals surface area contributed by atoms with Crippen LogP contribution in [-0.2, 0) is 0 Å². The Morgan fingerprint density at radius 2 is 1.18 bits per heavy atom. The molecule has 0 unspecified atom stereocenters. The van der Waals surface area contributed by atoms with Crippen molar-refractivity contribution in [1.29, 1.82) is 0 Å². The Morgan fingerprint density at radius 1 is 0.909 bits per heavy atom. The normalized spacial score (nSPS) is 14.2. The summed E-state index contributed by atoms with van der Waals surface area (Å²) in [5, 5.41) is 0. The number of rotatable bonds is 1. The Hall–Kier alpha value is 1.74. The van der Waals surface area contributed by atoms with E-state index < -0.39 is 13.5 Å². The van der Waals surface area contributed by atoms with Gasteiger partial charge in [0.2, 0.25) is 0 Å². The summed E-state index contributed by atoms with van der Waals surface area (Å²) in [6.45, 7) is 1.79. The molecule has 0 aliphatic heterocycles. The average Bonchev–Trinajstić information content (AvgIpc) is 1.56. The standard InChI is InChI=1S/C5H6Cl6/c1-2-3(4(6,7)8)5(9,10)11/h3H,2H2,1H3. The van der Waals surface area contributed by atoms with E-state index in [0.29, 0.717) is 6.42 Å². The Labute approximate surface area is 96.0 Å². The molecule has 0 N–H and O–H groups in total. The summed E-state index contributed by atoms with van der Waals surface area (Å²) in [5.74, 6) is -0.593. The van der Waals surface area contributed by atoms with Gasteiger partial charge in [-0.3, -0.25) is 0 Å². The van der Waals surface area contributed by atoms with Crippen LogP contribution in [-0.4, -0.2) is 7.59 Å². The third kappa shape index (κ3) is 4.50. The van der Waals surface area contributed by atoms with Crippen molar-refractivity contribution in [3.63, 3.8) is 0 Å². The van der Waals surface area contributed by atoms with Crippen LogP contribution in [0.15, 0.2) is 0 Å². The highest BCUT2D eigenvalue weighted by Gasteiger charge is 2.44. The molecular weight excluding hydrogens is 273 g/mol. The lowest BCUT2D eigenvalue weighted by Gasteiger charge is -2.29. The summed E-state index contributed by atoms with van der Waals surface area (Å²) in [6.07, 6.45) is 0.493. The number of halogens is 6. The topological polar surface area (TPSA) is 0 Å². The Kier molecular flexibility index (Phi) is 4.98. The third-order valence-corrected chi connectivity index (χ3v) is 2.78. The second-order valence-corrected chi connectivity index (χ2v) is 6.78. The van der Waals surface area contributed by atoms with E-state index in [1.807, 2.05) is 0 Å². The van der Waals surface area contributed by atoms with Gasteiger partial charge in [-0.15, -0.1) is 0 Å². The van der Waals surface area contributed by atoms with E-state index in [-0.39, 0.29) is 0 Å². The second kappa shape index (κ2) is 4.30. The minimum absolute atomic E-state index is 0.493. The zero-order chi connectivity index (χ0) is 9.28. The van der Waals surface area contributed by atoms with Crippen molar-refractivity contribution in [3.05, 3.63) is 0 Å². The average molecular weight is 279 g/mol. The van der Waals surface area contributed by atoms with Gasteiger partial charge in [0.15, 0.2) is 7.59 Å². The molecule has 0 rings (SSSR count). The van der Waals surface area contributed by atoms with Crippen LogP contribution in [0, 0.1) is 5.92 Å². The van der Waals surface area contributed by atoms with E-state index in [2.05, 4.69) is 0 Å². The first kappa shape index (κ1) is 12.7. The van der Waals surface area contributed by atoms with E-state index in [4.69, 9.17) is 69.6 Å². The molecule has 0 saturated carbocycles. The fraction of sp³-hybridized carbons (Fsp3) is 1.00. The largest absolute Gasteiger partial charge is 0.197 e. The molecule has 0 aliphatic carbocycles. The van der Waals surface area contributed by atoms with Crippen molar-refractivity contribution in [2.75, 3.05) is 0 Å². The first-order chi connectivity index (χ1) is 4.69. The minimum Gasteiger partial charge on any atom is -0.0832 e. The van der Waals surface area contributed by atoms with E-state index >= 15 is 0 Å². The van der Waals surface area contributed by atoms with Gasteiger partial charge < -0.3 is 0 Å². The van der Waals surface area contributed by atoms with Crippen LogP contribution >= 0.6 is 69.6 Å². The molecule has 0 aromatic carbocycles. The smallest absolute Gasteiger partial charge is 0.0832 e. The van der Waals surface area contributed by atoms with Crippen LogP contribution in [0.25, 0.3) is 0 Å². The van der Waals surface area contributed by atoms with E-state index in [9.17, 15) is 0 Å². The highest BCUT2D eigenvalue weighted by molar-refractivity contribution is 6.72. The summed E-state index contributed by atoms with van der Waals surface area (Å²) in [5.41, 5.74) is 0. The van der Waals surface area contributed by atoms with Gasteiger partial charge in [0.25, 0.3) is 0 Å². The predicted molar refractivity (Wildman–Crippen MR) is 54.4 cm³/mol. The summed E-state index contributed by atoms with van der Waals surface area (Å²) >= 11 is 33.4. The minimum atomic E-state index is -1.53. The summed E-state index contributed by atoms with van der Waals surface area (Å²) in [4.78, 5) is 0. The Balaban J connectivity index is 4.43. The molecule has 0 atom stereocenters. The van der Waals surface area contributed by atoms with E-state index in [0.717, 1.165) is 0 Å². The van der Waals surface area contributed by atoms with Crippen molar-refractivity contribution in [2.24, 2.45) is 5.92 Å². The molecule has 0 amide bonds. The summed E-state index contributed by atoms with van der Waals surface area (Å²) in [7, 11) is 0. The van der Waals surface area contributed by atoms with Gasteiger partial charge in [-0.25, -0.2) is 0 Å². The number of alkyl halides is 6. The van der Waals surface area contributed by atoms with Crippen molar-refractivity contribution in [1.82, 2.24) is 0 Å². The fourth-order valence-electron chi connectivity index (χ4n) is 0.648. The van der Waals surface area contributed by atoms with Crippen LogP contribution in [0.1, 0.15) is 13.3 Å². The zero-order valence-electron chi connectivity index (χ0n) is 5.55. The quantitative estimate of drug-likeness (QED) is 0.607. The van der Waals surface area contributed by atoms with Crippen molar-refractivity contribution >= 4 is 69.6 Å². The fourth-order valence-corrected chi connectivity index (χ4v) is 3.06. The second-order valence-electron chi connectivity index (χ2n) is 2.04. The maximum atomic E-state index is 5.56. The van der Waals surface area contributed by atoms with Crippen molar-refractivity contribution in [3.8, 4) is 0 Å². The predicted octanol–water partition coefficient (Wildman–Crippen LogP) is 4.75. The van der Waals surface area contributed by atoms with Gasteiger partial charge in [-0.1, -0.05) is 76.5 Å². The lowest BCUT2D eigenvalue weighted by molar-refractivity contribution is 0.531. The van der Waals surface area contributed by atoms with Crippen molar-refractivity contribution in [2.45, 2.75) is 20.9 Å². The highest BCUT2D eigenvalue weighted by atomic mass is 35.6. The Bertz CT molecular complexity index is 106. The molecule has 0 fully saturated rings. The number of hydrogen-bond acceptors (Lipinski definition) is 0. The monoisotopic (exact) mass is 276 g/mol. The molecule has 6 heteroatoms. The maximum absolute atomic E-state index is 5.56. The van der Waals surface area contributed by atoms with Gasteiger partial charge >= 0.3 is 0 Å². The first-order valence-corrected chi connectivity index (χ1v) is 5.09. The number of hydrogen-bond donors (Lipinski definition) is 0. The molecular formula is C5H6Cl6. The molecule has 0 bridgehead atoms. The molecule has 0 aromatic heterocycles. The SMILES string of the molecule is CCC(C(Cl)(Cl)Cl)C(Cl)(Cl)Cl. The van der Waals surface area contributed by atoms with Crippen LogP contribution in [0.5, 0.6) is 0 Å². The molecule has 0 saturated heterocycles. The van der Waals surface area contributed by atoms with Gasteiger partial charge in [-0.2, -0.15) is 0 Å². The van der Waals surface area contributed by atoms with Crippen LogP contribution in [0.3, 0.4) is 0 Å². The zero-order valence-corrected chi connectivity index (χ0v) is 10.1. The maximum Gasteiger partial charge on any atom is 0.197 e. The van der Waals surface area contributed by atoms with Crippen LogP contribution in [0.2, 0.25) is 0 Å². The van der Waals surface area contributed by atoms with Crippen LogP contribution in [0.4, 0.5) is 0 Å². The molecule has 68 valence electrons. The lowest BCUT2D eigenvalue weighted by Crippen LogP contribution is -2.31. The lowest BCUT2D eigenvalue weighted by atomic mass is 10.1. The van der Waals surface area contributed by atoms with E-state index in [1.165, 1.54) is 0 Å². The van der Waals surface area contributed by atoms with Gasteiger partial charge in [0.1, 0.15) is 0 Å². The molecule has 11 heavy (non-hydrogen) atoms. The highest BCUT2D eigenvalue weighted by Crippen LogP contribution is 2.49. The van der Waals surface area contributed by atoms with Gasteiger partial charge in [-0.05, 0) is 6.42 Å². The molecule has 0 aliphatic rings. The summed E-state index contributed by atoms with van der Waals surface area (Å²) in [6, 6.07) is 0. The molecule has 0 spiro atoms. The molecule has 0 heterocycles. The van der Waals surface area contributed by atoms with Crippen molar-refractivity contribution < 1.29 is 0 Å². The van der Waals surface area contributed by atoms with Gasteiger partial charge in [0.05, 0.1) is 5.92 Å². The third-order valence-electron chi connectivity index (χ3n) is 1.20. The molecule has 0 radical (unpaired) electrons. The summed E-state index contributed by atoms with van der Waals surface area (Å²) < 4.78 is -3.06. The van der Waals surface area contributed by atoms with Crippen LogP contribution < -0.4 is 0 Å².